The molecule has 0 unspecified atom stereocenters. The second-order valence-electron chi connectivity index (χ2n) is 4.75. The van der Waals surface area contributed by atoms with E-state index >= 15 is 0 Å². The number of halogens is 1. The summed E-state index contributed by atoms with van der Waals surface area (Å²) in [5.41, 5.74) is 7.14. The SMILES string of the molecule is COc1c(F)cc(C2(CN)CCC2)c(C)c1O. The molecule has 0 bridgehead atoms. The summed E-state index contributed by atoms with van der Waals surface area (Å²) in [4.78, 5) is 0. The third kappa shape index (κ3) is 1.67. The fourth-order valence-corrected chi connectivity index (χ4v) is 2.64. The van der Waals surface area contributed by atoms with Gasteiger partial charge in [-0.2, -0.15) is 0 Å². The van der Waals surface area contributed by atoms with E-state index in [0.717, 1.165) is 24.8 Å². The molecule has 1 aliphatic carbocycles. The number of nitrogens with two attached hydrogens (primary N) is 1. The number of phenols is 1. The fourth-order valence-electron chi connectivity index (χ4n) is 2.64. The van der Waals surface area contributed by atoms with Gasteiger partial charge in [0.15, 0.2) is 17.3 Å². The average Bonchev–Trinajstić information content (AvgIpc) is 2.25. The van der Waals surface area contributed by atoms with Gasteiger partial charge in [-0.05, 0) is 37.0 Å². The molecule has 3 N–H and O–H groups in total. The van der Waals surface area contributed by atoms with Gasteiger partial charge in [0.2, 0.25) is 0 Å². The molecule has 3 nitrogen and oxygen atoms in total. The third-order valence-electron chi connectivity index (χ3n) is 3.94. The van der Waals surface area contributed by atoms with Gasteiger partial charge in [-0.15, -0.1) is 0 Å². The van der Waals surface area contributed by atoms with Crippen LogP contribution < -0.4 is 10.5 Å². The summed E-state index contributed by atoms with van der Waals surface area (Å²) in [7, 11) is 1.35. The zero-order valence-electron chi connectivity index (χ0n) is 10.2. The van der Waals surface area contributed by atoms with E-state index in [1.54, 1.807) is 6.92 Å². The molecule has 0 spiro atoms. The van der Waals surface area contributed by atoms with Crippen LogP contribution in [0.15, 0.2) is 6.07 Å². The maximum absolute atomic E-state index is 13.8. The van der Waals surface area contributed by atoms with Crippen LogP contribution in [0.4, 0.5) is 4.39 Å². The van der Waals surface area contributed by atoms with E-state index < -0.39 is 5.82 Å². The van der Waals surface area contributed by atoms with Crippen LogP contribution in [0.25, 0.3) is 0 Å². The second kappa shape index (κ2) is 4.18. The predicted molar refractivity (Wildman–Crippen MR) is 63.9 cm³/mol. The Hall–Kier alpha value is -1.29. The van der Waals surface area contributed by atoms with Crippen molar-refractivity contribution in [3.63, 3.8) is 0 Å². The number of ether oxygens (including phenoxy) is 1. The lowest BCUT2D eigenvalue weighted by Gasteiger charge is -2.42. The van der Waals surface area contributed by atoms with Crippen molar-refractivity contribution in [2.45, 2.75) is 31.6 Å². The highest BCUT2D eigenvalue weighted by atomic mass is 19.1. The van der Waals surface area contributed by atoms with Gasteiger partial charge in [-0.25, -0.2) is 4.39 Å². The quantitative estimate of drug-likeness (QED) is 0.850. The van der Waals surface area contributed by atoms with E-state index in [2.05, 4.69) is 0 Å². The van der Waals surface area contributed by atoms with Gasteiger partial charge in [0.05, 0.1) is 7.11 Å². The lowest BCUT2D eigenvalue weighted by Crippen LogP contribution is -2.42. The van der Waals surface area contributed by atoms with E-state index in [9.17, 15) is 9.50 Å². The lowest BCUT2D eigenvalue weighted by atomic mass is 9.63. The molecule has 4 heteroatoms. The summed E-state index contributed by atoms with van der Waals surface area (Å²) >= 11 is 0. The largest absolute Gasteiger partial charge is 0.504 e. The molecular formula is C13H18FNO2. The molecule has 0 saturated heterocycles. The molecule has 17 heavy (non-hydrogen) atoms. The summed E-state index contributed by atoms with van der Waals surface area (Å²) in [6.45, 7) is 2.27. The van der Waals surface area contributed by atoms with Crippen LogP contribution in [0, 0.1) is 12.7 Å². The molecule has 1 aromatic rings. The van der Waals surface area contributed by atoms with Crippen LogP contribution >= 0.6 is 0 Å². The molecule has 0 heterocycles. The summed E-state index contributed by atoms with van der Waals surface area (Å²) in [5, 5.41) is 9.93. The Labute approximate surface area is 100 Å². The van der Waals surface area contributed by atoms with Crippen LogP contribution in [0.3, 0.4) is 0 Å². The molecule has 0 aromatic heterocycles. The van der Waals surface area contributed by atoms with E-state index in [-0.39, 0.29) is 16.9 Å². The Bertz CT molecular complexity index is 436. The van der Waals surface area contributed by atoms with Crippen molar-refractivity contribution in [2.75, 3.05) is 13.7 Å². The van der Waals surface area contributed by atoms with Crippen LogP contribution in [0.1, 0.15) is 30.4 Å². The van der Waals surface area contributed by atoms with Crippen LogP contribution in [0.2, 0.25) is 0 Å². The van der Waals surface area contributed by atoms with Crippen molar-refractivity contribution in [2.24, 2.45) is 5.73 Å². The minimum absolute atomic E-state index is 0.0854. The zero-order chi connectivity index (χ0) is 12.6. The molecular weight excluding hydrogens is 221 g/mol. The molecule has 0 atom stereocenters. The van der Waals surface area contributed by atoms with Crippen molar-refractivity contribution in [1.82, 2.24) is 0 Å². The maximum atomic E-state index is 13.8. The summed E-state index contributed by atoms with van der Waals surface area (Å²) in [6.07, 6.45) is 3.01. The Morgan fingerprint density at radius 2 is 2.18 bits per heavy atom. The van der Waals surface area contributed by atoms with Gasteiger partial charge < -0.3 is 15.6 Å². The molecule has 1 aliphatic rings. The first-order valence-electron chi connectivity index (χ1n) is 5.82. The first-order chi connectivity index (χ1) is 8.05. The number of rotatable bonds is 3. The molecule has 0 amide bonds. The van der Waals surface area contributed by atoms with Crippen molar-refractivity contribution in [3.05, 3.63) is 23.0 Å². The van der Waals surface area contributed by atoms with E-state index in [1.807, 2.05) is 0 Å². The minimum Gasteiger partial charge on any atom is -0.504 e. The maximum Gasteiger partial charge on any atom is 0.196 e. The molecule has 2 rings (SSSR count). The topological polar surface area (TPSA) is 55.5 Å². The van der Waals surface area contributed by atoms with Crippen LogP contribution in [-0.2, 0) is 5.41 Å². The second-order valence-corrected chi connectivity index (χ2v) is 4.75. The van der Waals surface area contributed by atoms with Gasteiger partial charge in [-0.3, -0.25) is 0 Å². The number of methoxy groups -OCH3 is 1. The highest BCUT2D eigenvalue weighted by Crippen LogP contribution is 2.47. The summed E-state index contributed by atoms with van der Waals surface area (Å²) in [6, 6.07) is 1.46. The standard InChI is InChI=1S/C13H18FNO2/c1-8-9(13(7-15)4-3-5-13)6-10(14)12(17-2)11(8)16/h6,16H,3-5,7,15H2,1-2H3. The monoisotopic (exact) mass is 239 g/mol. The normalized spacial score (nSPS) is 17.6. The first kappa shape index (κ1) is 12.2. The van der Waals surface area contributed by atoms with Gasteiger partial charge in [0.25, 0.3) is 0 Å². The lowest BCUT2D eigenvalue weighted by molar-refractivity contribution is 0.248. The highest BCUT2D eigenvalue weighted by Gasteiger charge is 2.39. The van der Waals surface area contributed by atoms with Gasteiger partial charge in [0, 0.05) is 12.0 Å². The van der Waals surface area contributed by atoms with Gasteiger partial charge >= 0.3 is 0 Å². The number of hydrogen-bond donors (Lipinski definition) is 2. The number of aromatic hydroxyl groups is 1. The Balaban J connectivity index is 2.56. The molecule has 0 aliphatic heterocycles. The zero-order valence-corrected chi connectivity index (χ0v) is 10.2. The predicted octanol–water partition coefficient (Wildman–Crippen LogP) is 2.23. The van der Waals surface area contributed by atoms with E-state index in [4.69, 9.17) is 10.5 Å². The van der Waals surface area contributed by atoms with Crippen molar-refractivity contribution >= 4 is 0 Å². The third-order valence-corrected chi connectivity index (χ3v) is 3.94. The summed E-state index contributed by atoms with van der Waals surface area (Å²) < 4.78 is 18.6. The number of hydrogen-bond acceptors (Lipinski definition) is 3. The molecule has 94 valence electrons. The molecule has 1 aromatic carbocycles. The number of phenolic OH excluding ortho intramolecular Hbond substituents is 1. The van der Waals surface area contributed by atoms with E-state index in [0.29, 0.717) is 12.1 Å². The van der Waals surface area contributed by atoms with Crippen LogP contribution in [0.5, 0.6) is 11.5 Å². The molecule has 1 saturated carbocycles. The van der Waals surface area contributed by atoms with E-state index in [1.165, 1.54) is 13.2 Å². The number of benzene rings is 1. The molecule has 1 fully saturated rings. The Kier molecular flexibility index (Phi) is 3.00. The van der Waals surface area contributed by atoms with Crippen LogP contribution in [-0.4, -0.2) is 18.8 Å². The Morgan fingerprint density at radius 1 is 1.53 bits per heavy atom. The highest BCUT2D eigenvalue weighted by molar-refractivity contribution is 5.53. The van der Waals surface area contributed by atoms with Gasteiger partial charge in [-0.1, -0.05) is 6.42 Å². The minimum atomic E-state index is -0.523. The first-order valence-corrected chi connectivity index (χ1v) is 5.82. The van der Waals surface area contributed by atoms with Gasteiger partial charge in [0.1, 0.15) is 0 Å². The smallest absolute Gasteiger partial charge is 0.196 e. The fraction of sp³-hybridized carbons (Fsp3) is 0.538. The summed E-state index contributed by atoms with van der Waals surface area (Å²) in [5.74, 6) is -0.717. The molecule has 0 radical (unpaired) electrons. The average molecular weight is 239 g/mol. The van der Waals surface area contributed by atoms with Crippen molar-refractivity contribution < 1.29 is 14.2 Å². The van der Waals surface area contributed by atoms with Crippen molar-refractivity contribution in [1.29, 1.82) is 0 Å². The Morgan fingerprint density at radius 3 is 2.59 bits per heavy atom. The van der Waals surface area contributed by atoms with Crippen molar-refractivity contribution in [3.8, 4) is 11.5 Å².